The van der Waals surface area contributed by atoms with E-state index in [0.717, 1.165) is 9.97 Å². The zero-order valence-electron chi connectivity index (χ0n) is 31.5. The van der Waals surface area contributed by atoms with Crippen LogP contribution in [0.5, 0.6) is 0 Å². The molecule has 3 aromatic rings. The molecule has 40 heteroatoms. The van der Waals surface area contributed by atoms with Gasteiger partial charge in [0, 0.05) is 0 Å². The van der Waals surface area contributed by atoms with Crippen LogP contribution in [-0.2, 0) is 23.7 Å². The van der Waals surface area contributed by atoms with E-state index in [1.807, 2.05) is 0 Å². The number of alkyl halides is 28. The van der Waals surface area contributed by atoms with Gasteiger partial charge in [-0.15, -0.1) is 0 Å². The smallest absolute Gasteiger partial charge is 0.353 e. The Balaban J connectivity index is 2.49. The molecule has 72 heavy (non-hydrogen) atoms. The van der Waals surface area contributed by atoms with E-state index in [9.17, 15) is 52.7 Å². The molecule has 0 radical (unpaired) electrons. The number of aromatic amines is 2. The minimum absolute atomic E-state index is 1.04. The predicted molar refractivity (Wildman–Crippen MR) is 221 cm³/mol. The van der Waals surface area contributed by atoms with Gasteiger partial charge in [0.1, 0.15) is 0 Å². The topological polar surface area (TPSA) is 57.4 Å². The van der Waals surface area contributed by atoms with Crippen LogP contribution in [0.25, 0.3) is 40.0 Å². The first-order valence-electron chi connectivity index (χ1n) is 16.7. The van der Waals surface area contributed by atoms with Gasteiger partial charge in [-0.2, -0.15) is 123 Å². The molecule has 0 saturated heterocycles. The number of nitrogens with zero attached hydrogens (tertiary/aromatic N) is 2. The fraction of sp³-hybridized carbons (Fsp3) is 0.375. The number of hydrogen-bond donors (Lipinski definition) is 2. The third-order valence-electron chi connectivity index (χ3n) is 9.63. The third kappa shape index (κ3) is 8.59. The quantitative estimate of drug-likeness (QED) is 0.221. The fourth-order valence-corrected chi connectivity index (χ4v) is 10.0. The highest BCUT2D eigenvalue weighted by atomic mass is 79.9. The van der Waals surface area contributed by atoms with Gasteiger partial charge in [0.15, 0.2) is 0 Å². The van der Waals surface area contributed by atoms with Crippen molar-refractivity contribution in [1.29, 1.82) is 0 Å². The number of halogens is 36. The van der Waals surface area contributed by atoms with Crippen LogP contribution in [0.15, 0.2) is 17.9 Å². The summed E-state index contributed by atoms with van der Waals surface area (Å²) in [4.78, 5) is 7.72. The lowest BCUT2D eigenvalue weighted by atomic mass is 9.98. The van der Waals surface area contributed by atoms with Crippen LogP contribution in [0.3, 0.4) is 0 Å². The summed E-state index contributed by atoms with van der Waals surface area (Å²) in [6.07, 6.45) is -30.3. The van der Waals surface area contributed by atoms with Crippen LogP contribution in [0.2, 0.25) is 0 Å². The molecule has 2 N–H and O–H groups in total. The molecule has 5 rings (SSSR count). The lowest BCUT2D eigenvalue weighted by Gasteiger charge is -2.29. The number of fused-ring (bicyclic) bond motifs is 8. The molecule has 0 fully saturated rings. The van der Waals surface area contributed by atoms with E-state index in [2.05, 4.69) is 137 Å². The first-order valence-corrected chi connectivity index (χ1v) is 23.0. The molecule has 0 spiro atoms. The lowest BCUT2D eigenvalue weighted by molar-refractivity contribution is -0.359. The highest BCUT2D eigenvalue weighted by molar-refractivity contribution is 9.18. The lowest BCUT2D eigenvalue weighted by Crippen LogP contribution is -2.50. The molecule has 0 aliphatic carbocycles. The van der Waals surface area contributed by atoms with Crippen molar-refractivity contribution in [3.63, 3.8) is 0 Å². The molecular weight excluding hydrogens is 1610 g/mol. The van der Waals surface area contributed by atoms with Gasteiger partial charge in [-0.3, -0.25) is 0 Å². The maximum atomic E-state index is 16.4. The number of rotatable bonds is 8. The van der Waals surface area contributed by atoms with Crippen LogP contribution in [-0.4, -0.2) is 68.3 Å². The molecule has 0 saturated carbocycles. The SMILES string of the molecule is FC(F)(F)C(F)(F)C(F)(F)c1c2nc(c(C(F)(F)C(F)(F)C(F)(F)F)c3[nH]c(c(Br)c3Br)c(C(F)(F)C(F)(F)C(F)(F)F)c3[nH]c(c(Br)c3Br)c(C(F)(F)C(F)(F)C(F)(F)F)c3nc1C(Br)=C3Br)C(Br)=C2Br. The maximum absolute atomic E-state index is 16.4. The summed E-state index contributed by atoms with van der Waals surface area (Å²) < 4.78 is 404. The first kappa shape index (κ1) is 61.3. The van der Waals surface area contributed by atoms with Crippen molar-refractivity contribution < 1.29 is 123 Å². The van der Waals surface area contributed by atoms with Crippen molar-refractivity contribution in [2.45, 2.75) is 72.1 Å². The van der Waals surface area contributed by atoms with Gasteiger partial charge >= 0.3 is 72.1 Å². The highest BCUT2D eigenvalue weighted by Gasteiger charge is 2.78. The van der Waals surface area contributed by atoms with E-state index in [1.165, 1.54) is 0 Å². The number of nitrogens with one attached hydrogen (secondary N) is 2. The first-order chi connectivity index (χ1) is 31.7. The largest absolute Gasteiger partial charge is 0.460 e. The number of hydrogen-bond acceptors (Lipinski definition) is 2. The molecule has 2 aliphatic heterocycles. The number of aromatic nitrogens is 4. The Morgan fingerprint density at radius 3 is 0.625 bits per heavy atom. The molecular formula is C32H2Br8F28N4. The maximum Gasteiger partial charge on any atom is 0.460 e. The van der Waals surface area contributed by atoms with Crippen molar-refractivity contribution in [1.82, 2.24) is 19.9 Å². The highest BCUT2D eigenvalue weighted by Crippen LogP contribution is 2.63. The Morgan fingerprint density at radius 2 is 0.417 bits per heavy atom. The van der Waals surface area contributed by atoms with Crippen LogP contribution >= 0.6 is 127 Å². The monoisotopic (exact) mass is 1610 g/mol. The van der Waals surface area contributed by atoms with Gasteiger partial charge in [0.25, 0.3) is 0 Å². The van der Waals surface area contributed by atoms with E-state index in [-0.39, 0.29) is 0 Å². The molecule has 0 unspecified atom stereocenters. The van der Waals surface area contributed by atoms with Crippen LogP contribution in [0.4, 0.5) is 123 Å². The van der Waals surface area contributed by atoms with Crippen LogP contribution in [0.1, 0.15) is 45.0 Å². The molecule has 3 aromatic heterocycles. The zero-order valence-corrected chi connectivity index (χ0v) is 44.2. The average Bonchev–Trinajstić information content (AvgIpc) is 3.84. The molecule has 5 heterocycles. The molecule has 8 bridgehead atoms. The summed E-state index contributed by atoms with van der Waals surface area (Å²) in [5.74, 6) is -59.5. The summed E-state index contributed by atoms with van der Waals surface area (Å²) in [6, 6.07) is 0. The molecule has 402 valence electrons. The van der Waals surface area contributed by atoms with Crippen molar-refractivity contribution in [2.24, 2.45) is 0 Å². The van der Waals surface area contributed by atoms with Gasteiger partial charge in [0.2, 0.25) is 0 Å². The molecule has 4 nitrogen and oxygen atoms in total. The van der Waals surface area contributed by atoms with Gasteiger partial charge in [-0.25, -0.2) is 9.97 Å². The summed E-state index contributed by atoms with van der Waals surface area (Å²) in [5.41, 5.74) is -33.4. The molecule has 2 aliphatic rings. The van der Waals surface area contributed by atoms with E-state index in [1.54, 1.807) is 0 Å². The predicted octanol–water partition coefficient (Wildman–Crippen LogP) is 19.8. The van der Waals surface area contributed by atoms with E-state index >= 15 is 70.2 Å². The Kier molecular flexibility index (Phi) is 15.3. The minimum atomic E-state index is -7.66. The summed E-state index contributed by atoms with van der Waals surface area (Å²) in [7, 11) is 0. The number of H-pyrrole nitrogens is 2. The van der Waals surface area contributed by atoms with Crippen molar-refractivity contribution in [3.05, 3.63) is 62.9 Å². The van der Waals surface area contributed by atoms with Crippen LogP contribution in [0, 0.1) is 0 Å². The normalized spacial score (nSPS) is 15.9. The van der Waals surface area contributed by atoms with Crippen molar-refractivity contribution in [2.75, 3.05) is 0 Å². The zero-order chi connectivity index (χ0) is 56.4. The summed E-state index contributed by atoms with van der Waals surface area (Å²) in [5, 5.41) is 0. The Hall–Kier alpha value is -1.52. The van der Waals surface area contributed by atoms with Gasteiger partial charge in [-0.05, 0) is 127 Å². The minimum Gasteiger partial charge on any atom is -0.353 e. The van der Waals surface area contributed by atoms with Crippen molar-refractivity contribution >= 4 is 167 Å². The fourth-order valence-electron chi connectivity index (χ4n) is 6.13. The van der Waals surface area contributed by atoms with E-state index < -0.39 is 175 Å². The second kappa shape index (κ2) is 18.0. The average molecular weight is 1610 g/mol. The van der Waals surface area contributed by atoms with Gasteiger partial charge in [0.05, 0.1) is 103 Å². The van der Waals surface area contributed by atoms with E-state index in [4.69, 9.17) is 0 Å². The Morgan fingerprint density at radius 1 is 0.250 bits per heavy atom. The summed E-state index contributed by atoms with van der Waals surface area (Å²) in [6.45, 7) is 0. The van der Waals surface area contributed by atoms with Gasteiger partial charge < -0.3 is 9.97 Å². The molecule has 0 atom stereocenters. The van der Waals surface area contributed by atoms with E-state index in [0.29, 0.717) is 0 Å². The Labute approximate surface area is 442 Å². The third-order valence-corrected chi connectivity index (χ3v) is 18.0. The molecule has 0 aromatic carbocycles. The van der Waals surface area contributed by atoms with Crippen LogP contribution < -0.4 is 0 Å². The van der Waals surface area contributed by atoms with Gasteiger partial charge in [-0.1, -0.05) is 0 Å². The Bertz CT molecular complexity index is 2870. The second-order valence-corrected chi connectivity index (χ2v) is 20.3. The summed E-state index contributed by atoms with van der Waals surface area (Å²) >= 11 is 17.2. The standard InChI is InChI=1S/C32H2Br8F28N4/c33-5-7(35)15-2(22(43,44)26(51,52)30(60,61)62)17-9(37)11(39)19(71-17)4(24(47,48)28(55,56)32(66,67)68)20-12(40)10(38)18(72-20)3(23(45,46)27(53,54)31(63,64)65)16-8(36)6(34)14(70-16)1(13(5)69-15)21(41,42)25(49,50)29(57,58)59/h69-70H. The van der Waals surface area contributed by atoms with Crippen molar-refractivity contribution in [3.8, 4) is 0 Å². The molecule has 0 amide bonds. The second-order valence-electron chi connectivity index (χ2n) is 14.0.